The molecule has 0 aliphatic carbocycles. The Kier molecular flexibility index (Phi) is 4.50. The van der Waals surface area contributed by atoms with Crippen molar-refractivity contribution >= 4 is 23.2 Å². The van der Waals surface area contributed by atoms with Gasteiger partial charge < -0.3 is 5.11 Å². The molecule has 1 heterocycles. The number of aliphatic hydroxyl groups excluding tert-OH is 1. The third kappa shape index (κ3) is 3.50. The minimum Gasteiger partial charge on any atom is -0.388 e. The van der Waals surface area contributed by atoms with E-state index >= 15 is 0 Å². The van der Waals surface area contributed by atoms with E-state index in [2.05, 4.69) is 5.10 Å². The van der Waals surface area contributed by atoms with Crippen molar-refractivity contribution in [2.75, 3.05) is 0 Å². The van der Waals surface area contributed by atoms with E-state index in [0.29, 0.717) is 16.5 Å². The van der Waals surface area contributed by atoms with Gasteiger partial charge in [0.05, 0.1) is 22.3 Å². The lowest BCUT2D eigenvalue weighted by Gasteiger charge is -2.09. The first-order valence-electron chi connectivity index (χ1n) is 6.13. The Morgan fingerprint density at radius 1 is 1.26 bits per heavy atom. The maximum absolute atomic E-state index is 10.2. The van der Waals surface area contributed by atoms with Crippen molar-refractivity contribution in [1.29, 1.82) is 0 Å². The Balaban J connectivity index is 2.11. The molecule has 2 rings (SSSR count). The molecule has 0 aliphatic heterocycles. The van der Waals surface area contributed by atoms with Crippen LogP contribution in [0.2, 0.25) is 10.0 Å². The van der Waals surface area contributed by atoms with Gasteiger partial charge in [0.15, 0.2) is 0 Å². The highest BCUT2D eigenvalue weighted by Gasteiger charge is 2.12. The fourth-order valence-corrected chi connectivity index (χ4v) is 2.14. The normalized spacial score (nSPS) is 12.9. The van der Waals surface area contributed by atoms with E-state index in [1.807, 2.05) is 30.8 Å². The Hall–Kier alpha value is -1.03. The second-order valence-electron chi connectivity index (χ2n) is 4.82. The molecule has 5 heteroatoms. The highest BCUT2D eigenvalue weighted by Crippen LogP contribution is 2.25. The minimum atomic E-state index is -0.593. The van der Waals surface area contributed by atoms with Crippen molar-refractivity contribution in [3.8, 4) is 0 Å². The van der Waals surface area contributed by atoms with Crippen LogP contribution >= 0.6 is 23.2 Å². The van der Waals surface area contributed by atoms with Crippen molar-refractivity contribution in [1.82, 2.24) is 9.78 Å². The fraction of sp³-hybridized carbons (Fsp3) is 0.357. The second kappa shape index (κ2) is 5.95. The summed E-state index contributed by atoms with van der Waals surface area (Å²) in [6, 6.07) is 5.67. The maximum Gasteiger partial charge on any atom is 0.0860 e. The third-order valence-electron chi connectivity index (χ3n) is 2.95. The summed E-state index contributed by atoms with van der Waals surface area (Å²) in [6.07, 6.45) is 3.46. The molecule has 1 atom stereocenters. The molecule has 2 aromatic rings. The molecule has 0 fully saturated rings. The van der Waals surface area contributed by atoms with Crippen LogP contribution in [0.4, 0.5) is 0 Å². The van der Waals surface area contributed by atoms with Crippen LogP contribution in [0.25, 0.3) is 0 Å². The molecule has 0 amide bonds. The van der Waals surface area contributed by atoms with Crippen molar-refractivity contribution in [2.24, 2.45) is 0 Å². The molecule has 1 N–H and O–H groups in total. The average Bonchev–Trinajstić information content (AvgIpc) is 2.83. The van der Waals surface area contributed by atoms with Crippen LogP contribution in [0, 0.1) is 0 Å². The first kappa shape index (κ1) is 14.4. The third-order valence-corrected chi connectivity index (χ3v) is 3.69. The van der Waals surface area contributed by atoms with E-state index in [-0.39, 0.29) is 6.04 Å². The summed E-state index contributed by atoms with van der Waals surface area (Å²) < 4.78 is 1.83. The van der Waals surface area contributed by atoms with Crippen LogP contribution in [-0.4, -0.2) is 14.9 Å². The molecule has 0 radical (unpaired) electrons. The summed E-state index contributed by atoms with van der Waals surface area (Å²) in [5.41, 5.74) is 1.75. The number of rotatable bonds is 4. The molecule has 19 heavy (non-hydrogen) atoms. The number of nitrogens with zero attached hydrogens (tertiary/aromatic N) is 2. The summed E-state index contributed by atoms with van der Waals surface area (Å²) >= 11 is 11.8. The van der Waals surface area contributed by atoms with E-state index in [4.69, 9.17) is 23.2 Å². The topological polar surface area (TPSA) is 38.0 Å². The van der Waals surface area contributed by atoms with Crippen molar-refractivity contribution in [3.05, 3.63) is 51.8 Å². The van der Waals surface area contributed by atoms with Crippen molar-refractivity contribution in [3.63, 3.8) is 0 Å². The number of aliphatic hydroxyl groups is 1. The van der Waals surface area contributed by atoms with E-state index in [1.165, 1.54) is 0 Å². The molecule has 1 aromatic heterocycles. The van der Waals surface area contributed by atoms with Crippen molar-refractivity contribution < 1.29 is 5.11 Å². The van der Waals surface area contributed by atoms with Crippen molar-refractivity contribution in [2.45, 2.75) is 32.4 Å². The maximum atomic E-state index is 10.2. The van der Waals surface area contributed by atoms with E-state index < -0.39 is 6.10 Å². The van der Waals surface area contributed by atoms with Crippen LogP contribution in [0.1, 0.15) is 37.1 Å². The standard InChI is InChI=1S/C14H16Cl2N2O/c1-9(2)18-8-11(7-17-18)14(19)6-10-3-4-12(15)13(16)5-10/h3-5,7-9,14,19H,6H2,1-2H3. The van der Waals surface area contributed by atoms with E-state index in [1.54, 1.807) is 18.3 Å². The molecule has 1 aromatic carbocycles. The Bertz CT molecular complexity index is 566. The number of benzene rings is 1. The van der Waals surface area contributed by atoms with Gasteiger partial charge in [0.1, 0.15) is 0 Å². The monoisotopic (exact) mass is 298 g/mol. The van der Waals surface area contributed by atoms with Gasteiger partial charge in [-0.3, -0.25) is 4.68 Å². The molecule has 0 aliphatic rings. The van der Waals surface area contributed by atoms with Crippen LogP contribution in [0.5, 0.6) is 0 Å². The molecular formula is C14H16Cl2N2O. The van der Waals surface area contributed by atoms with Gasteiger partial charge in [0.25, 0.3) is 0 Å². The lowest BCUT2D eigenvalue weighted by atomic mass is 10.0. The van der Waals surface area contributed by atoms with Crippen LogP contribution < -0.4 is 0 Å². The van der Waals surface area contributed by atoms with Crippen LogP contribution in [0.3, 0.4) is 0 Å². The van der Waals surface area contributed by atoms with Gasteiger partial charge in [-0.2, -0.15) is 5.10 Å². The van der Waals surface area contributed by atoms with Gasteiger partial charge >= 0.3 is 0 Å². The predicted molar refractivity (Wildman–Crippen MR) is 77.7 cm³/mol. The van der Waals surface area contributed by atoms with Gasteiger partial charge in [-0.1, -0.05) is 29.3 Å². The molecule has 1 unspecified atom stereocenters. The predicted octanol–water partition coefficient (Wildman–Crippen LogP) is 4.05. The zero-order chi connectivity index (χ0) is 14.0. The quantitative estimate of drug-likeness (QED) is 0.925. The zero-order valence-corrected chi connectivity index (χ0v) is 12.4. The van der Waals surface area contributed by atoms with Gasteiger partial charge in [0, 0.05) is 24.2 Å². The minimum absolute atomic E-state index is 0.283. The summed E-state index contributed by atoms with van der Waals surface area (Å²) in [5, 5.41) is 15.4. The van der Waals surface area contributed by atoms with Crippen LogP contribution in [0.15, 0.2) is 30.6 Å². The summed E-state index contributed by atoms with van der Waals surface area (Å²) in [7, 11) is 0. The second-order valence-corrected chi connectivity index (χ2v) is 5.63. The lowest BCUT2D eigenvalue weighted by molar-refractivity contribution is 0.178. The first-order valence-corrected chi connectivity index (χ1v) is 6.89. The highest BCUT2D eigenvalue weighted by molar-refractivity contribution is 6.42. The number of aromatic nitrogens is 2. The number of hydrogen-bond acceptors (Lipinski definition) is 2. The van der Waals surface area contributed by atoms with Crippen LogP contribution in [-0.2, 0) is 6.42 Å². The van der Waals surface area contributed by atoms with Gasteiger partial charge in [-0.05, 0) is 31.5 Å². The number of halogens is 2. The van der Waals surface area contributed by atoms with E-state index in [0.717, 1.165) is 11.1 Å². The Labute approximate surface area is 122 Å². The summed E-state index contributed by atoms with van der Waals surface area (Å²) in [6.45, 7) is 4.09. The summed E-state index contributed by atoms with van der Waals surface area (Å²) in [4.78, 5) is 0. The molecule has 0 saturated carbocycles. The average molecular weight is 299 g/mol. The highest BCUT2D eigenvalue weighted by atomic mass is 35.5. The molecule has 0 bridgehead atoms. The molecule has 102 valence electrons. The molecular weight excluding hydrogens is 283 g/mol. The lowest BCUT2D eigenvalue weighted by Crippen LogP contribution is -2.02. The van der Waals surface area contributed by atoms with E-state index in [9.17, 15) is 5.11 Å². The van der Waals surface area contributed by atoms with Gasteiger partial charge in [-0.25, -0.2) is 0 Å². The van der Waals surface area contributed by atoms with Gasteiger partial charge in [-0.15, -0.1) is 0 Å². The SMILES string of the molecule is CC(C)n1cc(C(O)Cc2ccc(Cl)c(Cl)c2)cn1. The van der Waals surface area contributed by atoms with Gasteiger partial charge in [0.2, 0.25) is 0 Å². The smallest absolute Gasteiger partial charge is 0.0860 e. The largest absolute Gasteiger partial charge is 0.388 e. The Morgan fingerprint density at radius 2 is 2.00 bits per heavy atom. The Morgan fingerprint density at radius 3 is 2.58 bits per heavy atom. The molecule has 0 spiro atoms. The zero-order valence-electron chi connectivity index (χ0n) is 10.8. The fourth-order valence-electron chi connectivity index (χ4n) is 1.81. The summed E-state index contributed by atoms with van der Waals surface area (Å²) in [5.74, 6) is 0. The molecule has 3 nitrogen and oxygen atoms in total. The number of hydrogen-bond donors (Lipinski definition) is 1. The first-order chi connectivity index (χ1) is 8.97. The molecule has 0 saturated heterocycles.